The molecule has 0 bridgehead atoms. The predicted octanol–water partition coefficient (Wildman–Crippen LogP) is 3.25. The average molecular weight is 364 g/mol. The highest BCUT2D eigenvalue weighted by molar-refractivity contribution is 9.10. The van der Waals surface area contributed by atoms with Crippen molar-refractivity contribution in [2.45, 2.75) is 25.4 Å². The first-order valence-electron chi connectivity index (χ1n) is 7.79. The third kappa shape index (κ3) is 4.31. The van der Waals surface area contributed by atoms with Crippen LogP contribution in [0.2, 0.25) is 0 Å². The second kappa shape index (κ2) is 7.25. The molecule has 1 aliphatic heterocycles. The summed E-state index contributed by atoms with van der Waals surface area (Å²) in [5.41, 5.74) is 2.41. The average Bonchev–Trinajstić information content (AvgIpc) is 2.54. The Morgan fingerprint density at radius 3 is 2.27 bits per heavy atom. The molecule has 0 saturated carbocycles. The quantitative estimate of drug-likeness (QED) is 0.852. The number of anilines is 1. The number of hydrogen-bond donors (Lipinski definition) is 2. The summed E-state index contributed by atoms with van der Waals surface area (Å²) < 4.78 is 14.0. The number of likely N-dealkylation sites (tertiary alicyclic amines) is 1. The van der Waals surface area contributed by atoms with Crippen LogP contribution < -0.4 is 10.2 Å². The Morgan fingerprint density at radius 2 is 1.64 bits per heavy atom. The van der Waals surface area contributed by atoms with Gasteiger partial charge in [-0.05, 0) is 36.4 Å². The minimum Gasteiger partial charge on any atom is -0.382 e. The van der Waals surface area contributed by atoms with Gasteiger partial charge in [-0.2, -0.15) is 0 Å². The molecule has 0 spiro atoms. The van der Waals surface area contributed by atoms with Crippen LogP contribution in [0, 0.1) is 5.82 Å². The zero-order valence-electron chi connectivity index (χ0n) is 12.5. The Morgan fingerprint density at radius 1 is 1.00 bits per heavy atom. The molecule has 0 unspecified atom stereocenters. The first kappa shape index (κ1) is 15.5. The van der Waals surface area contributed by atoms with Crippen LogP contribution in [-0.4, -0.2) is 19.1 Å². The lowest BCUT2D eigenvalue weighted by molar-refractivity contribution is -0.918. The van der Waals surface area contributed by atoms with E-state index in [4.69, 9.17) is 0 Å². The van der Waals surface area contributed by atoms with E-state index in [0.29, 0.717) is 6.04 Å². The van der Waals surface area contributed by atoms with Crippen LogP contribution in [0.5, 0.6) is 0 Å². The molecule has 2 nitrogen and oxygen atoms in total. The monoisotopic (exact) mass is 363 g/mol. The van der Waals surface area contributed by atoms with Crippen LogP contribution in [0.4, 0.5) is 10.1 Å². The third-order valence-electron chi connectivity index (χ3n) is 4.28. The lowest BCUT2D eigenvalue weighted by atomic mass is 10.0. The molecule has 2 N–H and O–H groups in total. The van der Waals surface area contributed by atoms with Gasteiger partial charge in [0, 0.05) is 34.6 Å². The van der Waals surface area contributed by atoms with E-state index in [0.717, 1.165) is 24.1 Å². The summed E-state index contributed by atoms with van der Waals surface area (Å²) in [6.45, 7) is 3.31. The van der Waals surface area contributed by atoms with Gasteiger partial charge in [-0.15, -0.1) is 0 Å². The highest BCUT2D eigenvalue weighted by Gasteiger charge is 2.22. The van der Waals surface area contributed by atoms with Crippen molar-refractivity contribution in [3.63, 3.8) is 0 Å². The highest BCUT2D eigenvalue weighted by atomic mass is 79.9. The van der Waals surface area contributed by atoms with Crippen molar-refractivity contribution >= 4 is 21.6 Å². The maximum Gasteiger partial charge on any atom is 0.123 e. The first-order chi connectivity index (χ1) is 10.7. The van der Waals surface area contributed by atoms with Gasteiger partial charge < -0.3 is 10.2 Å². The Kier molecular flexibility index (Phi) is 5.11. The third-order valence-corrected chi connectivity index (χ3v) is 4.80. The molecular formula is C18H21BrFN2+. The Balaban J connectivity index is 1.47. The van der Waals surface area contributed by atoms with Crippen LogP contribution in [-0.2, 0) is 6.54 Å². The SMILES string of the molecule is Fc1ccc(C[NH+]2CCC(Nc3ccc(Br)cc3)CC2)cc1. The van der Waals surface area contributed by atoms with Crippen molar-refractivity contribution in [1.29, 1.82) is 0 Å². The second-order valence-electron chi connectivity index (χ2n) is 5.98. The lowest BCUT2D eigenvalue weighted by Crippen LogP contribution is -3.12. The van der Waals surface area contributed by atoms with Gasteiger partial charge in [-0.3, -0.25) is 0 Å². The van der Waals surface area contributed by atoms with Gasteiger partial charge in [0.05, 0.1) is 13.1 Å². The summed E-state index contributed by atoms with van der Waals surface area (Å²) in [7, 11) is 0. The molecule has 1 fully saturated rings. The van der Waals surface area contributed by atoms with E-state index in [1.54, 1.807) is 17.0 Å². The van der Waals surface area contributed by atoms with E-state index in [9.17, 15) is 4.39 Å². The molecule has 22 heavy (non-hydrogen) atoms. The molecule has 0 aromatic heterocycles. The molecule has 1 saturated heterocycles. The molecule has 3 rings (SSSR count). The zero-order valence-corrected chi connectivity index (χ0v) is 14.1. The Bertz CT molecular complexity index is 534. The van der Waals surface area contributed by atoms with Gasteiger partial charge in [-0.25, -0.2) is 4.39 Å². The largest absolute Gasteiger partial charge is 0.382 e. The molecule has 4 heteroatoms. The van der Waals surface area contributed by atoms with Crippen molar-refractivity contribution in [2.24, 2.45) is 0 Å². The number of hydrogen-bond acceptors (Lipinski definition) is 1. The van der Waals surface area contributed by atoms with Crippen molar-refractivity contribution in [2.75, 3.05) is 18.4 Å². The van der Waals surface area contributed by atoms with Gasteiger partial charge in [0.1, 0.15) is 12.4 Å². The van der Waals surface area contributed by atoms with E-state index in [-0.39, 0.29) is 5.82 Å². The molecule has 2 aromatic rings. The molecule has 0 atom stereocenters. The number of rotatable bonds is 4. The summed E-state index contributed by atoms with van der Waals surface area (Å²) >= 11 is 3.46. The normalized spacial score (nSPS) is 21.5. The molecule has 1 heterocycles. The summed E-state index contributed by atoms with van der Waals surface area (Å²) in [4.78, 5) is 1.58. The number of piperidine rings is 1. The summed E-state index contributed by atoms with van der Waals surface area (Å²) in [6.07, 6.45) is 2.35. The van der Waals surface area contributed by atoms with Crippen molar-refractivity contribution in [1.82, 2.24) is 0 Å². The zero-order chi connectivity index (χ0) is 15.4. The van der Waals surface area contributed by atoms with Gasteiger partial charge in [0.25, 0.3) is 0 Å². The molecule has 116 valence electrons. The summed E-state index contributed by atoms with van der Waals surface area (Å²) in [6, 6.07) is 15.8. The van der Waals surface area contributed by atoms with Crippen LogP contribution in [0.25, 0.3) is 0 Å². The molecule has 0 radical (unpaired) electrons. The fourth-order valence-electron chi connectivity index (χ4n) is 3.02. The van der Waals surface area contributed by atoms with Gasteiger partial charge in [-0.1, -0.05) is 28.1 Å². The fraction of sp³-hybridized carbons (Fsp3) is 0.333. The van der Waals surface area contributed by atoms with Gasteiger partial charge >= 0.3 is 0 Å². The summed E-state index contributed by atoms with van der Waals surface area (Å²) in [5.74, 6) is -0.156. The Labute approximate surface area is 139 Å². The smallest absolute Gasteiger partial charge is 0.123 e. The number of halogens is 2. The van der Waals surface area contributed by atoms with Gasteiger partial charge in [0.15, 0.2) is 0 Å². The molecule has 0 amide bonds. The van der Waals surface area contributed by atoms with E-state index in [1.807, 2.05) is 12.1 Å². The maximum absolute atomic E-state index is 12.9. The number of benzene rings is 2. The maximum atomic E-state index is 12.9. The van der Waals surface area contributed by atoms with E-state index < -0.39 is 0 Å². The molecule has 1 aliphatic rings. The van der Waals surface area contributed by atoms with Crippen molar-refractivity contribution in [3.8, 4) is 0 Å². The van der Waals surface area contributed by atoms with Crippen molar-refractivity contribution < 1.29 is 9.29 Å². The van der Waals surface area contributed by atoms with Crippen LogP contribution >= 0.6 is 15.9 Å². The standard InChI is InChI=1S/C18H20BrFN2/c19-15-3-7-17(8-4-15)21-18-9-11-22(12-10-18)13-14-1-5-16(20)6-2-14/h1-8,18,21H,9-13H2/p+1. The van der Waals surface area contributed by atoms with Crippen LogP contribution in [0.15, 0.2) is 53.0 Å². The van der Waals surface area contributed by atoms with Gasteiger partial charge in [0.2, 0.25) is 0 Å². The first-order valence-corrected chi connectivity index (χ1v) is 8.58. The fourth-order valence-corrected chi connectivity index (χ4v) is 3.28. The topological polar surface area (TPSA) is 16.5 Å². The predicted molar refractivity (Wildman–Crippen MR) is 91.6 cm³/mol. The Hall–Kier alpha value is -1.39. The van der Waals surface area contributed by atoms with Crippen LogP contribution in [0.1, 0.15) is 18.4 Å². The van der Waals surface area contributed by atoms with E-state index >= 15 is 0 Å². The number of nitrogens with one attached hydrogen (secondary N) is 2. The molecule has 2 aromatic carbocycles. The van der Waals surface area contributed by atoms with E-state index in [2.05, 4.69) is 45.5 Å². The van der Waals surface area contributed by atoms with E-state index in [1.165, 1.54) is 24.1 Å². The minimum atomic E-state index is -0.156. The van der Waals surface area contributed by atoms with Crippen LogP contribution in [0.3, 0.4) is 0 Å². The van der Waals surface area contributed by atoms with Crippen molar-refractivity contribution in [3.05, 3.63) is 64.4 Å². The lowest BCUT2D eigenvalue weighted by Gasteiger charge is -2.30. The summed E-state index contributed by atoms with van der Waals surface area (Å²) in [5, 5.41) is 3.62. The minimum absolute atomic E-state index is 0.156. The molecule has 0 aliphatic carbocycles. The second-order valence-corrected chi connectivity index (χ2v) is 6.89. The highest BCUT2D eigenvalue weighted by Crippen LogP contribution is 2.16. The number of quaternary nitrogens is 1. The molecular weight excluding hydrogens is 343 g/mol.